The van der Waals surface area contributed by atoms with Crippen molar-refractivity contribution in [2.45, 2.75) is 56.6 Å². The highest BCUT2D eigenvalue weighted by Crippen LogP contribution is 2.60. The summed E-state index contributed by atoms with van der Waals surface area (Å²) >= 11 is 0. The SMILES string of the molecule is C=C(C)C(=O)OC12CC3CC(CC(N=O)(C3)C1)C2. The largest absolute Gasteiger partial charge is 0.456 e. The lowest BCUT2D eigenvalue weighted by molar-refractivity contribution is -0.184. The number of nitroso groups, excluding NO2 is 1. The number of rotatable bonds is 3. The highest BCUT2D eigenvalue weighted by molar-refractivity contribution is 5.87. The Morgan fingerprint density at radius 1 is 1.28 bits per heavy atom. The van der Waals surface area contributed by atoms with Gasteiger partial charge < -0.3 is 4.74 Å². The van der Waals surface area contributed by atoms with Crippen LogP contribution in [0.5, 0.6) is 0 Å². The first kappa shape index (κ1) is 11.9. The topological polar surface area (TPSA) is 55.7 Å². The Morgan fingerprint density at radius 3 is 2.39 bits per heavy atom. The lowest BCUT2D eigenvalue weighted by Gasteiger charge is -2.58. The molecule has 4 nitrogen and oxygen atoms in total. The molecule has 0 radical (unpaired) electrons. The average molecular weight is 249 g/mol. The molecule has 4 aliphatic rings. The van der Waals surface area contributed by atoms with Gasteiger partial charge in [0.1, 0.15) is 11.1 Å². The van der Waals surface area contributed by atoms with Crippen LogP contribution >= 0.6 is 0 Å². The summed E-state index contributed by atoms with van der Waals surface area (Å²) in [5, 5.41) is 3.41. The summed E-state index contributed by atoms with van der Waals surface area (Å²) in [5.41, 5.74) is -0.466. The Labute approximate surface area is 107 Å². The molecule has 18 heavy (non-hydrogen) atoms. The number of nitrogens with zero attached hydrogens (tertiary/aromatic N) is 1. The fourth-order valence-corrected chi connectivity index (χ4v) is 4.64. The number of esters is 1. The van der Waals surface area contributed by atoms with Crippen molar-refractivity contribution in [1.29, 1.82) is 0 Å². The zero-order valence-corrected chi connectivity index (χ0v) is 10.8. The van der Waals surface area contributed by atoms with E-state index < -0.39 is 11.1 Å². The van der Waals surface area contributed by atoms with Gasteiger partial charge in [-0.3, -0.25) is 0 Å². The summed E-state index contributed by atoms with van der Waals surface area (Å²) in [5.74, 6) is 0.682. The second-order valence-corrected chi connectivity index (χ2v) is 6.63. The van der Waals surface area contributed by atoms with Crippen molar-refractivity contribution >= 4 is 5.97 Å². The molecule has 0 amide bonds. The van der Waals surface area contributed by atoms with E-state index in [4.69, 9.17) is 4.74 Å². The highest BCUT2D eigenvalue weighted by atomic mass is 16.6. The van der Waals surface area contributed by atoms with Gasteiger partial charge in [0.15, 0.2) is 0 Å². The molecule has 4 aliphatic carbocycles. The standard InChI is InChI=1S/C14H19NO3/c1-9(2)12(16)18-14-6-10-3-11(7-14)5-13(4-10,8-14)15-17/h10-11H,1,3-8H2,2H3. The molecule has 2 unspecified atom stereocenters. The molecule has 4 saturated carbocycles. The molecule has 0 saturated heterocycles. The molecule has 4 bridgehead atoms. The Kier molecular flexibility index (Phi) is 2.41. The van der Waals surface area contributed by atoms with Gasteiger partial charge in [0.2, 0.25) is 0 Å². The zero-order valence-electron chi connectivity index (χ0n) is 10.8. The van der Waals surface area contributed by atoms with E-state index >= 15 is 0 Å². The molecule has 0 aromatic heterocycles. The number of carbonyl (C=O) groups excluding carboxylic acids is 1. The fraction of sp³-hybridized carbons (Fsp3) is 0.786. The number of carbonyl (C=O) groups is 1. The monoisotopic (exact) mass is 249 g/mol. The highest BCUT2D eigenvalue weighted by Gasteiger charge is 2.60. The van der Waals surface area contributed by atoms with Crippen LogP contribution in [0.15, 0.2) is 17.3 Å². The smallest absolute Gasteiger partial charge is 0.333 e. The lowest BCUT2D eigenvalue weighted by Crippen LogP contribution is -2.59. The molecule has 4 fully saturated rings. The molecule has 4 heteroatoms. The Hall–Kier alpha value is -1.19. The number of hydrogen-bond donors (Lipinski definition) is 0. The third kappa shape index (κ3) is 1.70. The number of ether oxygens (including phenoxy) is 1. The van der Waals surface area contributed by atoms with Crippen LogP contribution in [-0.4, -0.2) is 17.1 Å². The van der Waals surface area contributed by atoms with E-state index in [1.807, 2.05) is 0 Å². The molecule has 0 aromatic rings. The van der Waals surface area contributed by atoms with Gasteiger partial charge in [-0.1, -0.05) is 11.8 Å². The molecular formula is C14H19NO3. The van der Waals surface area contributed by atoms with Gasteiger partial charge >= 0.3 is 5.97 Å². The third-order valence-electron chi connectivity index (χ3n) is 4.83. The van der Waals surface area contributed by atoms with Crippen LogP contribution < -0.4 is 0 Å². The first-order chi connectivity index (χ1) is 8.46. The van der Waals surface area contributed by atoms with Crippen molar-refractivity contribution in [3.63, 3.8) is 0 Å². The van der Waals surface area contributed by atoms with Gasteiger partial charge in [-0.2, -0.15) is 4.91 Å². The molecule has 2 atom stereocenters. The first-order valence-electron chi connectivity index (χ1n) is 6.69. The molecule has 0 aliphatic heterocycles. The van der Waals surface area contributed by atoms with Crippen molar-refractivity contribution in [2.24, 2.45) is 17.0 Å². The summed E-state index contributed by atoms with van der Waals surface area (Å²) < 4.78 is 5.70. The van der Waals surface area contributed by atoms with Crippen LogP contribution in [0.1, 0.15) is 45.4 Å². The van der Waals surface area contributed by atoms with E-state index in [2.05, 4.69) is 11.8 Å². The lowest BCUT2D eigenvalue weighted by atomic mass is 9.51. The Balaban J connectivity index is 1.87. The van der Waals surface area contributed by atoms with Crippen molar-refractivity contribution < 1.29 is 9.53 Å². The summed E-state index contributed by atoms with van der Waals surface area (Å²) in [7, 11) is 0. The van der Waals surface area contributed by atoms with Crippen molar-refractivity contribution in [1.82, 2.24) is 0 Å². The quantitative estimate of drug-likeness (QED) is 0.439. The average Bonchev–Trinajstić information content (AvgIpc) is 2.26. The minimum atomic E-state index is -0.459. The minimum Gasteiger partial charge on any atom is -0.456 e. The van der Waals surface area contributed by atoms with E-state index in [9.17, 15) is 9.70 Å². The fourth-order valence-electron chi connectivity index (χ4n) is 4.64. The van der Waals surface area contributed by atoms with Crippen LogP contribution in [0.3, 0.4) is 0 Å². The Morgan fingerprint density at radius 2 is 1.89 bits per heavy atom. The van der Waals surface area contributed by atoms with Crippen LogP contribution in [0.4, 0.5) is 0 Å². The van der Waals surface area contributed by atoms with E-state index in [0.717, 1.165) is 25.7 Å². The van der Waals surface area contributed by atoms with Gasteiger partial charge in [-0.15, -0.1) is 0 Å². The zero-order chi connectivity index (χ0) is 13.0. The van der Waals surface area contributed by atoms with Crippen molar-refractivity contribution in [2.75, 3.05) is 0 Å². The Bertz CT molecular complexity index is 415. The second-order valence-electron chi connectivity index (χ2n) is 6.63. The molecular weight excluding hydrogens is 230 g/mol. The predicted octanol–water partition coefficient (Wildman–Crippen LogP) is 2.96. The summed E-state index contributed by atoms with van der Waals surface area (Å²) in [6.07, 6.45) is 5.37. The van der Waals surface area contributed by atoms with Gasteiger partial charge in [-0.05, 0) is 50.9 Å². The van der Waals surface area contributed by atoms with Crippen molar-refractivity contribution in [3.05, 3.63) is 17.1 Å². The summed E-state index contributed by atoms with van der Waals surface area (Å²) in [6, 6.07) is 0. The molecule has 0 spiro atoms. The van der Waals surface area contributed by atoms with E-state index in [-0.39, 0.29) is 5.97 Å². The van der Waals surface area contributed by atoms with Gasteiger partial charge in [-0.25, -0.2) is 4.79 Å². The first-order valence-corrected chi connectivity index (χ1v) is 6.69. The molecule has 4 rings (SSSR count). The maximum atomic E-state index is 11.8. The van der Waals surface area contributed by atoms with E-state index in [1.54, 1.807) is 6.92 Å². The van der Waals surface area contributed by atoms with Gasteiger partial charge in [0.25, 0.3) is 0 Å². The number of hydrogen-bond acceptors (Lipinski definition) is 4. The summed E-state index contributed by atoms with van der Waals surface area (Å²) in [4.78, 5) is 23.0. The third-order valence-corrected chi connectivity index (χ3v) is 4.83. The molecule has 98 valence electrons. The molecule has 0 N–H and O–H groups in total. The van der Waals surface area contributed by atoms with Gasteiger partial charge in [0.05, 0.1) is 0 Å². The molecule has 0 heterocycles. The second kappa shape index (κ2) is 3.65. The maximum Gasteiger partial charge on any atom is 0.333 e. The van der Waals surface area contributed by atoms with Crippen LogP contribution in [-0.2, 0) is 9.53 Å². The van der Waals surface area contributed by atoms with Gasteiger partial charge in [0, 0.05) is 12.0 Å². The maximum absolute atomic E-state index is 11.8. The van der Waals surface area contributed by atoms with E-state index in [0.29, 0.717) is 23.8 Å². The minimum absolute atomic E-state index is 0.321. The van der Waals surface area contributed by atoms with E-state index in [1.165, 1.54) is 6.42 Å². The summed E-state index contributed by atoms with van der Waals surface area (Å²) in [6.45, 7) is 5.29. The predicted molar refractivity (Wildman–Crippen MR) is 66.8 cm³/mol. The normalized spacial score (nSPS) is 44.7. The van der Waals surface area contributed by atoms with Crippen LogP contribution in [0.2, 0.25) is 0 Å². The van der Waals surface area contributed by atoms with Crippen LogP contribution in [0, 0.1) is 16.7 Å². The van der Waals surface area contributed by atoms with Crippen molar-refractivity contribution in [3.8, 4) is 0 Å². The van der Waals surface area contributed by atoms with Crippen LogP contribution in [0.25, 0.3) is 0 Å². The molecule has 0 aromatic carbocycles.